The summed E-state index contributed by atoms with van der Waals surface area (Å²) in [6.07, 6.45) is 1.77. The average molecular weight is 388 g/mol. The van der Waals surface area contributed by atoms with Gasteiger partial charge < -0.3 is 15.0 Å². The first-order valence-electron chi connectivity index (χ1n) is 9.54. The number of nitrogens with one attached hydrogen (secondary N) is 1. The number of benzene rings is 2. The predicted molar refractivity (Wildman–Crippen MR) is 109 cm³/mol. The van der Waals surface area contributed by atoms with E-state index in [2.05, 4.69) is 10.4 Å². The fraction of sp³-hybridized carbons (Fsp3) is 0.227. The Hall–Kier alpha value is -3.61. The van der Waals surface area contributed by atoms with E-state index in [9.17, 15) is 9.59 Å². The minimum absolute atomic E-state index is 0.0701. The van der Waals surface area contributed by atoms with Crippen molar-refractivity contribution in [1.29, 1.82) is 0 Å². The minimum Gasteiger partial charge on any atom is -0.497 e. The number of ether oxygens (including phenoxy) is 1. The van der Waals surface area contributed by atoms with E-state index in [0.717, 1.165) is 28.3 Å². The molecule has 0 aliphatic carbocycles. The molecule has 0 saturated heterocycles. The van der Waals surface area contributed by atoms with E-state index in [1.54, 1.807) is 22.9 Å². The fourth-order valence-corrected chi connectivity index (χ4v) is 4.48. The SMILES string of the molecule is CCN1C(=O)[C@]2(CC(=O)Nc3c2cnn3-c2ccc(OC)cc2)c2ccccc21. The van der Waals surface area contributed by atoms with E-state index in [1.165, 1.54) is 0 Å². The van der Waals surface area contributed by atoms with Crippen LogP contribution in [0.15, 0.2) is 54.7 Å². The Labute approximate surface area is 167 Å². The monoisotopic (exact) mass is 388 g/mol. The summed E-state index contributed by atoms with van der Waals surface area (Å²) in [6.45, 7) is 2.49. The molecule has 2 aliphatic heterocycles. The van der Waals surface area contributed by atoms with Crippen LogP contribution in [0.1, 0.15) is 24.5 Å². The molecule has 3 heterocycles. The van der Waals surface area contributed by atoms with Gasteiger partial charge in [0.2, 0.25) is 11.8 Å². The van der Waals surface area contributed by atoms with Gasteiger partial charge in [-0.05, 0) is 42.8 Å². The molecule has 0 fully saturated rings. The molecule has 2 aliphatic rings. The van der Waals surface area contributed by atoms with Gasteiger partial charge in [-0.15, -0.1) is 0 Å². The van der Waals surface area contributed by atoms with Gasteiger partial charge in [0.05, 0.1) is 19.0 Å². The number of nitrogens with zero attached hydrogens (tertiary/aromatic N) is 3. The molecule has 3 aromatic rings. The molecule has 2 amide bonds. The van der Waals surface area contributed by atoms with E-state index in [-0.39, 0.29) is 18.2 Å². The van der Waals surface area contributed by atoms with Gasteiger partial charge in [0.25, 0.3) is 0 Å². The van der Waals surface area contributed by atoms with Crippen LogP contribution in [0.2, 0.25) is 0 Å². The molecule has 7 nitrogen and oxygen atoms in total. The van der Waals surface area contributed by atoms with Crippen LogP contribution in [-0.2, 0) is 15.0 Å². The second-order valence-corrected chi connectivity index (χ2v) is 7.21. The summed E-state index contributed by atoms with van der Waals surface area (Å²) in [6, 6.07) is 15.1. The summed E-state index contributed by atoms with van der Waals surface area (Å²) in [5.41, 5.74) is 2.17. The highest BCUT2D eigenvalue weighted by Crippen LogP contribution is 2.52. The predicted octanol–water partition coefficient (Wildman–Crippen LogP) is 2.88. The number of fused-ring (bicyclic) bond motifs is 4. The van der Waals surface area contributed by atoms with E-state index < -0.39 is 5.41 Å². The number of methoxy groups -OCH3 is 1. The first kappa shape index (κ1) is 17.5. The Morgan fingerprint density at radius 3 is 2.59 bits per heavy atom. The average Bonchev–Trinajstić information content (AvgIpc) is 3.27. The number of likely N-dealkylation sites (N-methyl/N-ethyl adjacent to an activating group) is 1. The van der Waals surface area contributed by atoms with Crippen molar-refractivity contribution in [2.24, 2.45) is 0 Å². The zero-order valence-corrected chi connectivity index (χ0v) is 16.2. The summed E-state index contributed by atoms with van der Waals surface area (Å²) in [5.74, 6) is 0.988. The normalized spacial score (nSPS) is 19.9. The molecule has 7 heteroatoms. The number of amides is 2. The van der Waals surface area contributed by atoms with Gasteiger partial charge in [0.15, 0.2) is 0 Å². The number of hydrogen-bond donors (Lipinski definition) is 1. The Bertz CT molecular complexity index is 1140. The summed E-state index contributed by atoms with van der Waals surface area (Å²) in [4.78, 5) is 28.1. The number of carbonyl (C=O) groups is 2. The molecule has 1 atom stereocenters. The zero-order valence-electron chi connectivity index (χ0n) is 16.2. The van der Waals surface area contributed by atoms with Crippen LogP contribution >= 0.6 is 0 Å². The number of rotatable bonds is 3. The molecule has 1 spiro atoms. The fourth-order valence-electron chi connectivity index (χ4n) is 4.48. The summed E-state index contributed by atoms with van der Waals surface area (Å²) in [7, 11) is 1.61. The highest BCUT2D eigenvalue weighted by atomic mass is 16.5. The quantitative estimate of drug-likeness (QED) is 0.749. The molecule has 0 bridgehead atoms. The smallest absolute Gasteiger partial charge is 0.242 e. The van der Waals surface area contributed by atoms with Crippen LogP contribution in [0.4, 0.5) is 11.5 Å². The lowest BCUT2D eigenvalue weighted by atomic mass is 9.72. The Morgan fingerprint density at radius 1 is 1.10 bits per heavy atom. The van der Waals surface area contributed by atoms with Crippen molar-refractivity contribution in [2.75, 3.05) is 23.9 Å². The third kappa shape index (κ3) is 2.27. The molecule has 0 unspecified atom stereocenters. The van der Waals surface area contributed by atoms with E-state index in [0.29, 0.717) is 12.4 Å². The van der Waals surface area contributed by atoms with E-state index in [4.69, 9.17) is 4.74 Å². The Morgan fingerprint density at radius 2 is 1.86 bits per heavy atom. The number of anilines is 2. The topological polar surface area (TPSA) is 76.5 Å². The Balaban J connectivity index is 1.72. The highest BCUT2D eigenvalue weighted by Gasteiger charge is 2.56. The highest BCUT2D eigenvalue weighted by molar-refractivity contribution is 6.15. The maximum absolute atomic E-state index is 13.6. The third-order valence-electron chi connectivity index (χ3n) is 5.81. The summed E-state index contributed by atoms with van der Waals surface area (Å²) >= 11 is 0. The third-order valence-corrected chi connectivity index (χ3v) is 5.81. The van der Waals surface area contributed by atoms with Gasteiger partial charge in [-0.2, -0.15) is 5.10 Å². The maximum Gasteiger partial charge on any atom is 0.242 e. The lowest BCUT2D eigenvalue weighted by Crippen LogP contribution is -2.46. The maximum atomic E-state index is 13.6. The second kappa shape index (κ2) is 6.20. The van der Waals surface area contributed by atoms with Crippen LogP contribution in [-0.4, -0.2) is 35.2 Å². The van der Waals surface area contributed by atoms with Crippen LogP contribution in [0.5, 0.6) is 5.75 Å². The van der Waals surface area contributed by atoms with Gasteiger partial charge in [-0.3, -0.25) is 9.59 Å². The molecule has 0 saturated carbocycles. The summed E-state index contributed by atoms with van der Waals surface area (Å²) < 4.78 is 6.88. The van der Waals surface area contributed by atoms with Gasteiger partial charge in [0.1, 0.15) is 17.0 Å². The lowest BCUT2D eigenvalue weighted by molar-refractivity contribution is -0.126. The van der Waals surface area contributed by atoms with Gasteiger partial charge in [0, 0.05) is 24.2 Å². The first-order valence-corrected chi connectivity index (χ1v) is 9.54. The number of carbonyl (C=O) groups excluding carboxylic acids is 2. The minimum atomic E-state index is -1.05. The molecular weight excluding hydrogens is 368 g/mol. The molecule has 1 aromatic heterocycles. The zero-order chi connectivity index (χ0) is 20.2. The largest absolute Gasteiger partial charge is 0.497 e. The number of aromatic nitrogens is 2. The molecule has 5 rings (SSSR count). The molecule has 1 N–H and O–H groups in total. The molecule has 146 valence electrons. The first-order chi connectivity index (χ1) is 14.1. The second-order valence-electron chi connectivity index (χ2n) is 7.21. The van der Waals surface area contributed by atoms with Crippen LogP contribution in [0, 0.1) is 0 Å². The Kier molecular flexibility index (Phi) is 3.74. The lowest BCUT2D eigenvalue weighted by Gasteiger charge is -2.32. The van der Waals surface area contributed by atoms with Crippen LogP contribution in [0.3, 0.4) is 0 Å². The summed E-state index contributed by atoms with van der Waals surface area (Å²) in [5, 5.41) is 7.46. The molecule has 0 radical (unpaired) electrons. The van der Waals surface area contributed by atoms with Gasteiger partial charge in [-0.25, -0.2) is 4.68 Å². The van der Waals surface area contributed by atoms with Crippen molar-refractivity contribution in [1.82, 2.24) is 9.78 Å². The molecule has 2 aromatic carbocycles. The van der Waals surface area contributed by atoms with Crippen molar-refractivity contribution in [3.05, 3.63) is 65.9 Å². The number of para-hydroxylation sites is 1. The molecule has 29 heavy (non-hydrogen) atoms. The van der Waals surface area contributed by atoms with Crippen LogP contribution < -0.4 is 15.0 Å². The standard InChI is InChI=1S/C22H20N4O3/c1-3-25-18-7-5-4-6-16(18)22(21(25)28)12-19(27)24-20-17(22)13-23-26(20)14-8-10-15(29-2)11-9-14/h4-11,13H,3,12H2,1-2H3,(H,24,27)/t22-/m1/s1. The molecular formula is C22H20N4O3. The van der Waals surface area contributed by atoms with Crippen molar-refractivity contribution < 1.29 is 14.3 Å². The van der Waals surface area contributed by atoms with E-state index >= 15 is 0 Å². The van der Waals surface area contributed by atoms with Crippen molar-refractivity contribution in [3.63, 3.8) is 0 Å². The number of hydrogen-bond acceptors (Lipinski definition) is 4. The van der Waals surface area contributed by atoms with Gasteiger partial charge in [-0.1, -0.05) is 18.2 Å². The van der Waals surface area contributed by atoms with E-state index in [1.807, 2.05) is 55.5 Å². The van der Waals surface area contributed by atoms with Crippen molar-refractivity contribution in [2.45, 2.75) is 18.8 Å². The van der Waals surface area contributed by atoms with Crippen molar-refractivity contribution >= 4 is 23.3 Å². The van der Waals surface area contributed by atoms with Crippen molar-refractivity contribution in [3.8, 4) is 11.4 Å². The van der Waals surface area contributed by atoms with Crippen LogP contribution in [0.25, 0.3) is 5.69 Å². The van der Waals surface area contributed by atoms with Gasteiger partial charge >= 0.3 is 0 Å².